The normalized spacial score (nSPS) is 18.1. The maximum atomic E-state index is 4.33. The van der Waals surface area contributed by atoms with Gasteiger partial charge < -0.3 is 5.32 Å². The minimum atomic E-state index is 0.474. The van der Waals surface area contributed by atoms with Crippen LogP contribution in [0.4, 0.5) is 0 Å². The highest BCUT2D eigenvalue weighted by molar-refractivity contribution is 5.63. The van der Waals surface area contributed by atoms with Crippen molar-refractivity contribution in [2.75, 3.05) is 19.6 Å². The summed E-state index contributed by atoms with van der Waals surface area (Å²) in [6.07, 6.45) is 2.90. The molecule has 26 heavy (non-hydrogen) atoms. The fourth-order valence-corrected chi connectivity index (χ4v) is 3.87. The molecular weight excluding hydrogens is 320 g/mol. The standard InChI is InChI=1S/C22H26N4/c1-25-22(11-12-24-25)21-10-6-5-9-19(21)15-20-17-26(14-13-23-20)16-18-7-3-2-4-8-18/h2-12,20,23H,13-17H2,1H3/t20-/m1/s1. The number of hydrogen-bond donors (Lipinski definition) is 1. The summed E-state index contributed by atoms with van der Waals surface area (Å²) in [5.41, 5.74) is 5.24. The molecule has 0 unspecified atom stereocenters. The molecule has 1 aromatic heterocycles. The number of hydrogen-bond acceptors (Lipinski definition) is 3. The summed E-state index contributed by atoms with van der Waals surface area (Å²) in [5.74, 6) is 0. The predicted molar refractivity (Wildman–Crippen MR) is 106 cm³/mol. The molecule has 0 saturated carbocycles. The van der Waals surface area contributed by atoms with Crippen LogP contribution in [0.2, 0.25) is 0 Å². The Morgan fingerprint density at radius 2 is 1.85 bits per heavy atom. The van der Waals surface area contributed by atoms with Crippen molar-refractivity contribution in [3.63, 3.8) is 0 Å². The Bertz CT molecular complexity index is 840. The molecule has 2 aromatic carbocycles. The summed E-state index contributed by atoms with van der Waals surface area (Å²) >= 11 is 0. The molecule has 4 rings (SSSR count). The van der Waals surface area contributed by atoms with Gasteiger partial charge in [-0.25, -0.2) is 0 Å². The molecule has 0 spiro atoms. The molecule has 0 amide bonds. The molecule has 1 N–H and O–H groups in total. The minimum absolute atomic E-state index is 0.474. The van der Waals surface area contributed by atoms with Crippen molar-refractivity contribution in [3.05, 3.63) is 78.0 Å². The van der Waals surface area contributed by atoms with E-state index in [-0.39, 0.29) is 0 Å². The molecule has 0 aliphatic carbocycles. The van der Waals surface area contributed by atoms with E-state index in [4.69, 9.17) is 0 Å². The molecule has 134 valence electrons. The van der Waals surface area contributed by atoms with Gasteiger partial charge in [0.1, 0.15) is 0 Å². The molecule has 1 aliphatic rings. The number of nitrogens with one attached hydrogen (secondary N) is 1. The van der Waals surface area contributed by atoms with E-state index in [2.05, 4.69) is 76.0 Å². The number of piperazine rings is 1. The van der Waals surface area contributed by atoms with Gasteiger partial charge in [0.05, 0.1) is 5.69 Å². The third kappa shape index (κ3) is 3.87. The van der Waals surface area contributed by atoms with Gasteiger partial charge in [-0.05, 0) is 23.6 Å². The van der Waals surface area contributed by atoms with E-state index in [9.17, 15) is 0 Å². The van der Waals surface area contributed by atoms with Crippen molar-refractivity contribution in [2.24, 2.45) is 7.05 Å². The number of aryl methyl sites for hydroxylation is 1. The van der Waals surface area contributed by atoms with Crippen LogP contribution in [0.15, 0.2) is 66.9 Å². The second kappa shape index (κ2) is 7.85. The Morgan fingerprint density at radius 1 is 1.04 bits per heavy atom. The zero-order valence-corrected chi connectivity index (χ0v) is 15.3. The second-order valence-electron chi connectivity index (χ2n) is 7.07. The zero-order chi connectivity index (χ0) is 17.8. The highest BCUT2D eigenvalue weighted by Gasteiger charge is 2.21. The number of nitrogens with zero attached hydrogens (tertiary/aromatic N) is 3. The molecule has 1 atom stereocenters. The second-order valence-corrected chi connectivity index (χ2v) is 7.07. The minimum Gasteiger partial charge on any atom is -0.311 e. The molecule has 3 aromatic rings. The highest BCUT2D eigenvalue weighted by Crippen LogP contribution is 2.24. The van der Waals surface area contributed by atoms with Crippen molar-refractivity contribution < 1.29 is 0 Å². The Kier molecular flexibility index (Phi) is 5.14. The summed E-state index contributed by atoms with van der Waals surface area (Å²) in [7, 11) is 2.01. The van der Waals surface area contributed by atoms with Gasteiger partial charge in [-0.2, -0.15) is 5.10 Å². The first kappa shape index (κ1) is 17.0. The zero-order valence-electron chi connectivity index (χ0n) is 15.3. The van der Waals surface area contributed by atoms with Crippen molar-refractivity contribution in [1.29, 1.82) is 0 Å². The van der Waals surface area contributed by atoms with Gasteiger partial charge in [-0.1, -0.05) is 54.6 Å². The summed E-state index contributed by atoms with van der Waals surface area (Å²) in [6.45, 7) is 4.26. The lowest BCUT2D eigenvalue weighted by Crippen LogP contribution is -2.51. The molecule has 1 fully saturated rings. The van der Waals surface area contributed by atoms with E-state index in [0.717, 1.165) is 32.6 Å². The van der Waals surface area contributed by atoms with Crippen LogP contribution < -0.4 is 5.32 Å². The molecule has 4 heteroatoms. The third-order valence-corrected chi connectivity index (χ3v) is 5.17. The smallest absolute Gasteiger partial charge is 0.0681 e. The highest BCUT2D eigenvalue weighted by atomic mass is 15.3. The lowest BCUT2D eigenvalue weighted by atomic mass is 9.97. The van der Waals surface area contributed by atoms with E-state index < -0.39 is 0 Å². The summed E-state index contributed by atoms with van der Waals surface area (Å²) < 4.78 is 1.95. The van der Waals surface area contributed by atoms with Gasteiger partial charge in [0.25, 0.3) is 0 Å². The first-order chi connectivity index (χ1) is 12.8. The molecular formula is C22H26N4. The van der Waals surface area contributed by atoms with Crippen LogP contribution in [-0.4, -0.2) is 40.4 Å². The van der Waals surface area contributed by atoms with Gasteiger partial charge in [-0.15, -0.1) is 0 Å². The van der Waals surface area contributed by atoms with E-state index in [1.807, 2.05) is 17.9 Å². The van der Waals surface area contributed by atoms with Gasteiger partial charge >= 0.3 is 0 Å². The largest absolute Gasteiger partial charge is 0.311 e. The summed E-state index contributed by atoms with van der Waals surface area (Å²) in [6, 6.07) is 22.0. The summed E-state index contributed by atoms with van der Waals surface area (Å²) in [5, 5.41) is 8.04. The molecule has 0 radical (unpaired) electrons. The van der Waals surface area contributed by atoms with Crippen LogP contribution in [0, 0.1) is 0 Å². The molecule has 2 heterocycles. The van der Waals surface area contributed by atoms with E-state index in [1.165, 1.54) is 22.4 Å². The third-order valence-electron chi connectivity index (χ3n) is 5.17. The van der Waals surface area contributed by atoms with Gasteiger partial charge in [0.2, 0.25) is 0 Å². The van der Waals surface area contributed by atoms with Crippen molar-refractivity contribution >= 4 is 0 Å². The van der Waals surface area contributed by atoms with Gasteiger partial charge in [-0.3, -0.25) is 9.58 Å². The Hall–Kier alpha value is -2.43. The lowest BCUT2D eigenvalue weighted by molar-refractivity contribution is 0.192. The summed E-state index contributed by atoms with van der Waals surface area (Å²) in [4.78, 5) is 2.56. The first-order valence-corrected chi connectivity index (χ1v) is 9.35. The molecule has 4 nitrogen and oxygen atoms in total. The fraction of sp³-hybridized carbons (Fsp3) is 0.318. The van der Waals surface area contributed by atoms with Crippen LogP contribution in [0.25, 0.3) is 11.3 Å². The van der Waals surface area contributed by atoms with Crippen LogP contribution in [-0.2, 0) is 20.0 Å². The van der Waals surface area contributed by atoms with Crippen molar-refractivity contribution in [2.45, 2.75) is 19.0 Å². The van der Waals surface area contributed by atoms with Crippen LogP contribution in [0.1, 0.15) is 11.1 Å². The lowest BCUT2D eigenvalue weighted by Gasteiger charge is -2.34. The van der Waals surface area contributed by atoms with E-state index in [1.54, 1.807) is 0 Å². The Balaban J connectivity index is 1.47. The number of benzene rings is 2. The molecule has 0 bridgehead atoms. The van der Waals surface area contributed by atoms with Crippen molar-refractivity contribution in [1.82, 2.24) is 20.0 Å². The Labute approximate surface area is 155 Å². The average Bonchev–Trinajstić information content (AvgIpc) is 3.09. The van der Waals surface area contributed by atoms with Crippen LogP contribution in [0.3, 0.4) is 0 Å². The monoisotopic (exact) mass is 346 g/mol. The van der Waals surface area contributed by atoms with Gasteiger partial charge in [0.15, 0.2) is 0 Å². The van der Waals surface area contributed by atoms with Gasteiger partial charge in [0, 0.05) is 51.0 Å². The maximum Gasteiger partial charge on any atom is 0.0681 e. The van der Waals surface area contributed by atoms with E-state index in [0.29, 0.717) is 6.04 Å². The first-order valence-electron chi connectivity index (χ1n) is 9.35. The number of rotatable bonds is 5. The molecule has 1 saturated heterocycles. The maximum absolute atomic E-state index is 4.33. The van der Waals surface area contributed by atoms with Crippen LogP contribution >= 0.6 is 0 Å². The quantitative estimate of drug-likeness (QED) is 0.771. The predicted octanol–water partition coefficient (Wildman–Crippen LogP) is 3.10. The number of aromatic nitrogens is 2. The fourth-order valence-electron chi connectivity index (χ4n) is 3.87. The van der Waals surface area contributed by atoms with Crippen LogP contribution in [0.5, 0.6) is 0 Å². The topological polar surface area (TPSA) is 33.1 Å². The van der Waals surface area contributed by atoms with Crippen molar-refractivity contribution in [3.8, 4) is 11.3 Å². The average molecular weight is 346 g/mol. The SMILES string of the molecule is Cn1nccc1-c1ccccc1C[C@@H]1CN(Cc2ccccc2)CCN1. The molecule has 1 aliphatic heterocycles. The Morgan fingerprint density at radius 3 is 2.65 bits per heavy atom. The van der Waals surface area contributed by atoms with E-state index >= 15 is 0 Å².